The molecule has 0 fully saturated rings. The van der Waals surface area contributed by atoms with E-state index in [0.717, 1.165) is 4.90 Å². The minimum Gasteiger partial charge on any atom is -0.325 e. The zero-order valence-electron chi connectivity index (χ0n) is 13.1. The summed E-state index contributed by atoms with van der Waals surface area (Å²) in [7, 11) is 0. The Morgan fingerprint density at radius 1 is 1.17 bits per heavy atom. The van der Waals surface area contributed by atoms with Gasteiger partial charge in [-0.3, -0.25) is 9.59 Å². The molecule has 0 radical (unpaired) electrons. The predicted octanol–water partition coefficient (Wildman–Crippen LogP) is 4.56. The average molecular weight is 367 g/mol. The van der Waals surface area contributed by atoms with Crippen LogP contribution in [0.25, 0.3) is 0 Å². The summed E-state index contributed by atoms with van der Waals surface area (Å²) in [6, 6.07) is 11.3. The lowest BCUT2D eigenvalue weighted by Gasteiger charge is -2.14. The van der Waals surface area contributed by atoms with E-state index in [4.69, 9.17) is 11.6 Å². The molecule has 0 aliphatic heterocycles. The highest BCUT2D eigenvalue weighted by atomic mass is 35.5. The molecular weight excluding hydrogens is 351 g/mol. The van der Waals surface area contributed by atoms with Crippen molar-refractivity contribution >= 4 is 46.6 Å². The number of benzene rings is 2. The van der Waals surface area contributed by atoms with Crippen molar-refractivity contribution in [2.45, 2.75) is 24.0 Å². The van der Waals surface area contributed by atoms with E-state index < -0.39 is 11.1 Å². The van der Waals surface area contributed by atoms with Crippen LogP contribution < -0.4 is 10.6 Å². The van der Waals surface area contributed by atoms with Gasteiger partial charge in [-0.05, 0) is 37.3 Å². The summed E-state index contributed by atoms with van der Waals surface area (Å²) in [6.45, 7) is 3.04. The zero-order chi connectivity index (χ0) is 17.7. The summed E-state index contributed by atoms with van der Waals surface area (Å²) in [4.78, 5) is 24.2. The number of anilines is 2. The van der Waals surface area contributed by atoms with E-state index >= 15 is 0 Å². The van der Waals surface area contributed by atoms with Gasteiger partial charge in [0.05, 0.1) is 16.0 Å². The van der Waals surface area contributed by atoms with Gasteiger partial charge in [-0.15, -0.1) is 11.8 Å². The molecule has 2 aromatic rings. The van der Waals surface area contributed by atoms with Crippen molar-refractivity contribution in [2.75, 3.05) is 10.6 Å². The molecule has 4 nitrogen and oxygen atoms in total. The van der Waals surface area contributed by atoms with E-state index in [2.05, 4.69) is 10.6 Å². The number of carbonyl (C=O) groups excluding carboxylic acids is 2. The van der Waals surface area contributed by atoms with Gasteiger partial charge < -0.3 is 10.6 Å². The van der Waals surface area contributed by atoms with Gasteiger partial charge in [0.1, 0.15) is 5.82 Å². The lowest BCUT2D eigenvalue weighted by atomic mass is 10.2. The van der Waals surface area contributed by atoms with Crippen LogP contribution in [-0.4, -0.2) is 17.1 Å². The Labute approximate surface area is 148 Å². The summed E-state index contributed by atoms with van der Waals surface area (Å²) in [5.74, 6) is -1.21. The standard InChI is InChI=1S/C17H16ClFN2O2S/c1-10(24-16-6-4-3-5-13(16)18)17(23)21-12-7-8-14(19)15(9-12)20-11(2)22/h3-10H,1-2H3,(H,20,22)(H,21,23). The van der Waals surface area contributed by atoms with Crippen molar-refractivity contribution in [1.29, 1.82) is 0 Å². The lowest BCUT2D eigenvalue weighted by molar-refractivity contribution is -0.115. The Hall–Kier alpha value is -2.05. The molecule has 7 heteroatoms. The molecule has 0 saturated carbocycles. The first-order chi connectivity index (χ1) is 11.4. The normalized spacial score (nSPS) is 11.7. The van der Waals surface area contributed by atoms with E-state index in [1.165, 1.54) is 36.9 Å². The SMILES string of the molecule is CC(=O)Nc1cc(NC(=O)C(C)Sc2ccccc2Cl)ccc1F. The molecule has 2 amide bonds. The maximum atomic E-state index is 13.6. The van der Waals surface area contributed by atoms with E-state index in [-0.39, 0.29) is 17.5 Å². The number of carbonyl (C=O) groups is 2. The number of nitrogens with one attached hydrogen (secondary N) is 2. The molecule has 2 aromatic carbocycles. The first-order valence-corrected chi connectivity index (χ1v) is 8.42. The number of rotatable bonds is 5. The van der Waals surface area contributed by atoms with Crippen molar-refractivity contribution in [2.24, 2.45) is 0 Å². The summed E-state index contributed by atoms with van der Waals surface area (Å²) >= 11 is 7.41. The van der Waals surface area contributed by atoms with Gasteiger partial charge >= 0.3 is 0 Å². The number of thioether (sulfide) groups is 1. The second-order valence-electron chi connectivity index (χ2n) is 5.06. The summed E-state index contributed by atoms with van der Waals surface area (Å²) in [5.41, 5.74) is 0.420. The molecule has 0 aliphatic rings. The molecular formula is C17H16ClFN2O2S. The van der Waals surface area contributed by atoms with E-state index in [1.54, 1.807) is 13.0 Å². The van der Waals surface area contributed by atoms with Crippen LogP contribution in [0.4, 0.5) is 15.8 Å². The highest BCUT2D eigenvalue weighted by Gasteiger charge is 2.16. The third-order valence-electron chi connectivity index (χ3n) is 3.05. The number of hydrogen-bond donors (Lipinski definition) is 2. The van der Waals surface area contributed by atoms with Crippen LogP contribution in [0.2, 0.25) is 5.02 Å². The van der Waals surface area contributed by atoms with E-state index in [9.17, 15) is 14.0 Å². The van der Waals surface area contributed by atoms with E-state index in [1.807, 2.05) is 18.2 Å². The van der Waals surface area contributed by atoms with Crippen LogP contribution in [0.15, 0.2) is 47.4 Å². The maximum Gasteiger partial charge on any atom is 0.237 e. The fraction of sp³-hybridized carbons (Fsp3) is 0.176. The van der Waals surface area contributed by atoms with Gasteiger partial charge in [-0.1, -0.05) is 23.7 Å². The quantitative estimate of drug-likeness (QED) is 0.763. The van der Waals surface area contributed by atoms with Crippen molar-refractivity contribution in [3.8, 4) is 0 Å². The first kappa shape index (κ1) is 18.3. The number of hydrogen-bond acceptors (Lipinski definition) is 3. The molecule has 0 bridgehead atoms. The summed E-state index contributed by atoms with van der Waals surface area (Å²) < 4.78 is 13.6. The molecule has 0 heterocycles. The second kappa shape index (κ2) is 8.17. The monoisotopic (exact) mass is 366 g/mol. The topological polar surface area (TPSA) is 58.2 Å². The van der Waals surface area contributed by atoms with Crippen LogP contribution in [-0.2, 0) is 9.59 Å². The third-order valence-corrected chi connectivity index (χ3v) is 4.67. The Morgan fingerprint density at radius 3 is 2.54 bits per heavy atom. The Bertz CT molecular complexity index is 770. The number of halogens is 2. The van der Waals surface area contributed by atoms with Crippen LogP contribution in [0.3, 0.4) is 0 Å². The first-order valence-electron chi connectivity index (χ1n) is 7.16. The number of amides is 2. The molecule has 0 saturated heterocycles. The molecule has 2 rings (SSSR count). The summed E-state index contributed by atoms with van der Waals surface area (Å²) in [6.07, 6.45) is 0. The maximum absolute atomic E-state index is 13.6. The van der Waals surface area contributed by atoms with Gasteiger partial charge in [0.15, 0.2) is 0 Å². The minimum atomic E-state index is -0.568. The van der Waals surface area contributed by atoms with Crippen molar-refractivity contribution in [3.63, 3.8) is 0 Å². The van der Waals surface area contributed by atoms with Crippen molar-refractivity contribution in [3.05, 3.63) is 53.3 Å². The predicted molar refractivity (Wildman–Crippen MR) is 96.1 cm³/mol. The van der Waals surface area contributed by atoms with Crippen LogP contribution >= 0.6 is 23.4 Å². The molecule has 1 atom stereocenters. The highest BCUT2D eigenvalue weighted by Crippen LogP contribution is 2.30. The molecule has 0 aromatic heterocycles. The molecule has 24 heavy (non-hydrogen) atoms. The highest BCUT2D eigenvalue weighted by molar-refractivity contribution is 8.00. The fourth-order valence-electron chi connectivity index (χ4n) is 1.92. The van der Waals surface area contributed by atoms with Crippen LogP contribution in [0, 0.1) is 5.82 Å². The zero-order valence-corrected chi connectivity index (χ0v) is 14.7. The molecule has 2 N–H and O–H groups in total. The van der Waals surface area contributed by atoms with E-state index in [0.29, 0.717) is 10.7 Å². The van der Waals surface area contributed by atoms with Crippen LogP contribution in [0.5, 0.6) is 0 Å². The fourth-order valence-corrected chi connectivity index (χ4v) is 3.07. The molecule has 0 spiro atoms. The molecule has 126 valence electrons. The van der Waals surface area contributed by atoms with Gasteiger partial charge in [-0.25, -0.2) is 4.39 Å². The lowest BCUT2D eigenvalue weighted by Crippen LogP contribution is -2.22. The Kier molecular flexibility index (Phi) is 6.23. The van der Waals surface area contributed by atoms with Gasteiger partial charge in [0.25, 0.3) is 0 Å². The molecule has 0 aliphatic carbocycles. The summed E-state index contributed by atoms with van der Waals surface area (Å²) in [5, 5.41) is 5.25. The van der Waals surface area contributed by atoms with Crippen LogP contribution in [0.1, 0.15) is 13.8 Å². The largest absolute Gasteiger partial charge is 0.325 e. The van der Waals surface area contributed by atoms with Crippen molar-refractivity contribution in [1.82, 2.24) is 0 Å². The Morgan fingerprint density at radius 2 is 1.88 bits per heavy atom. The van der Waals surface area contributed by atoms with Crippen molar-refractivity contribution < 1.29 is 14.0 Å². The van der Waals surface area contributed by atoms with Gasteiger partial charge in [-0.2, -0.15) is 0 Å². The second-order valence-corrected chi connectivity index (χ2v) is 6.85. The van der Waals surface area contributed by atoms with Gasteiger partial charge in [0.2, 0.25) is 11.8 Å². The van der Waals surface area contributed by atoms with Gasteiger partial charge in [0, 0.05) is 17.5 Å². The molecule has 1 unspecified atom stereocenters. The third kappa shape index (κ3) is 4.97. The smallest absolute Gasteiger partial charge is 0.237 e. The Balaban J connectivity index is 2.06. The average Bonchev–Trinajstić information content (AvgIpc) is 2.52. The minimum absolute atomic E-state index is 0.0201.